The van der Waals surface area contributed by atoms with Crippen LogP contribution in [-0.4, -0.2) is 40.7 Å². The summed E-state index contributed by atoms with van der Waals surface area (Å²) in [6.45, 7) is 3.69. The van der Waals surface area contributed by atoms with Gasteiger partial charge in [0.05, 0.1) is 25.5 Å². The van der Waals surface area contributed by atoms with Crippen LogP contribution in [0.5, 0.6) is 0 Å². The van der Waals surface area contributed by atoms with Crippen LogP contribution >= 0.6 is 0 Å². The van der Waals surface area contributed by atoms with Crippen molar-refractivity contribution in [2.45, 2.75) is 31.7 Å². The van der Waals surface area contributed by atoms with Crippen molar-refractivity contribution in [2.24, 2.45) is 0 Å². The van der Waals surface area contributed by atoms with Gasteiger partial charge in [0.1, 0.15) is 5.54 Å². The Labute approximate surface area is 105 Å². The second-order valence-corrected chi connectivity index (χ2v) is 5.54. The third-order valence-corrected chi connectivity index (χ3v) is 2.96. The summed E-state index contributed by atoms with van der Waals surface area (Å²) in [6.07, 6.45) is 0. The maximum atomic E-state index is 11.5. The zero-order valence-electron chi connectivity index (χ0n) is 10.8. The summed E-state index contributed by atoms with van der Waals surface area (Å²) in [4.78, 5) is 23.1. The van der Waals surface area contributed by atoms with Gasteiger partial charge in [-0.1, -0.05) is 20.8 Å². The molecular weight excluding hydrogens is 238 g/mol. The molecule has 0 bridgehead atoms. The van der Waals surface area contributed by atoms with Gasteiger partial charge in [0, 0.05) is 5.56 Å². The van der Waals surface area contributed by atoms with Crippen LogP contribution < -0.4 is 16.2 Å². The van der Waals surface area contributed by atoms with E-state index in [0.29, 0.717) is 5.56 Å². The van der Waals surface area contributed by atoms with Gasteiger partial charge in [0.15, 0.2) is 0 Å². The van der Waals surface area contributed by atoms with Crippen molar-refractivity contribution < 1.29 is 15.3 Å². The number of anilines is 1. The summed E-state index contributed by atoms with van der Waals surface area (Å²) in [7, 11) is 0. The molecule has 0 spiro atoms. The second kappa shape index (κ2) is 4.79. The highest BCUT2D eigenvalue weighted by molar-refractivity contribution is 5.60. The van der Waals surface area contributed by atoms with Gasteiger partial charge in [-0.2, -0.15) is 0 Å². The summed E-state index contributed by atoms with van der Waals surface area (Å²) in [5, 5.41) is 30.2. The summed E-state index contributed by atoms with van der Waals surface area (Å²) in [5.74, 6) is 0. The summed E-state index contributed by atoms with van der Waals surface area (Å²) in [5.41, 5.74) is -2.76. The Bertz CT molecular complexity index is 481. The van der Waals surface area contributed by atoms with Crippen molar-refractivity contribution in [1.29, 1.82) is 0 Å². The van der Waals surface area contributed by atoms with E-state index in [1.54, 1.807) is 20.8 Å². The highest BCUT2D eigenvalue weighted by Crippen LogP contribution is 2.27. The molecule has 1 aromatic rings. The van der Waals surface area contributed by atoms with Crippen molar-refractivity contribution >= 4 is 5.69 Å². The molecule has 4 N–H and O–H groups in total. The minimum absolute atomic E-state index is 0.0738. The van der Waals surface area contributed by atoms with Gasteiger partial charge in [-0.3, -0.25) is 9.59 Å². The SMILES string of the molecule is CC(C)(C)c1c(NC(CO)(CO)CO)c(=O)c1=O. The first-order chi connectivity index (χ1) is 8.22. The second-order valence-electron chi connectivity index (χ2n) is 5.54. The van der Waals surface area contributed by atoms with E-state index in [1.807, 2.05) is 0 Å². The van der Waals surface area contributed by atoms with Crippen LogP contribution in [0.2, 0.25) is 0 Å². The van der Waals surface area contributed by atoms with Gasteiger partial charge in [0.2, 0.25) is 10.9 Å². The monoisotopic (exact) mass is 257 g/mol. The minimum Gasteiger partial charge on any atom is -0.394 e. The quantitative estimate of drug-likeness (QED) is 0.489. The standard InChI is InChI=1S/C12H19NO5/c1-11(2,3)7-8(10(18)9(7)17)13-12(4-14,5-15)6-16/h13-16H,4-6H2,1-3H3. The lowest BCUT2D eigenvalue weighted by molar-refractivity contribution is 0.0831. The van der Waals surface area contributed by atoms with Crippen LogP contribution in [0.25, 0.3) is 0 Å². The summed E-state index contributed by atoms with van der Waals surface area (Å²) >= 11 is 0. The number of hydrogen-bond acceptors (Lipinski definition) is 6. The lowest BCUT2D eigenvalue weighted by atomic mass is 9.82. The molecule has 0 saturated heterocycles. The molecule has 102 valence electrons. The number of hydrogen-bond donors (Lipinski definition) is 4. The maximum absolute atomic E-state index is 11.5. The van der Waals surface area contributed by atoms with Gasteiger partial charge in [-0.15, -0.1) is 0 Å². The largest absolute Gasteiger partial charge is 0.394 e. The third kappa shape index (κ3) is 2.31. The molecule has 0 aliphatic carbocycles. The van der Waals surface area contributed by atoms with E-state index < -0.39 is 41.6 Å². The molecule has 1 aromatic carbocycles. The van der Waals surface area contributed by atoms with Crippen molar-refractivity contribution in [1.82, 2.24) is 0 Å². The zero-order chi connectivity index (χ0) is 14.1. The van der Waals surface area contributed by atoms with Crippen LogP contribution in [-0.2, 0) is 5.41 Å². The highest BCUT2D eigenvalue weighted by Gasteiger charge is 2.36. The average molecular weight is 257 g/mol. The first-order valence-electron chi connectivity index (χ1n) is 5.67. The molecule has 0 radical (unpaired) electrons. The lowest BCUT2D eigenvalue weighted by Crippen LogP contribution is -2.54. The Hall–Kier alpha value is -1.24. The fraction of sp³-hybridized carbons (Fsp3) is 0.667. The molecule has 0 aliphatic heterocycles. The third-order valence-electron chi connectivity index (χ3n) is 2.96. The van der Waals surface area contributed by atoms with Gasteiger partial charge in [-0.25, -0.2) is 0 Å². The Kier molecular flexibility index (Phi) is 3.95. The number of aliphatic hydroxyl groups excluding tert-OH is 3. The van der Waals surface area contributed by atoms with Crippen LogP contribution in [0.1, 0.15) is 26.3 Å². The number of nitrogens with one attached hydrogen (secondary N) is 1. The average Bonchev–Trinajstić information content (AvgIpc) is 2.32. The molecule has 0 heterocycles. The molecule has 0 unspecified atom stereocenters. The van der Waals surface area contributed by atoms with Gasteiger partial charge >= 0.3 is 0 Å². The van der Waals surface area contributed by atoms with Crippen LogP contribution in [0.15, 0.2) is 9.59 Å². The first-order valence-corrected chi connectivity index (χ1v) is 5.67. The van der Waals surface area contributed by atoms with Crippen LogP contribution in [0, 0.1) is 0 Å². The Morgan fingerprint density at radius 1 is 0.944 bits per heavy atom. The van der Waals surface area contributed by atoms with Crippen molar-refractivity contribution in [3.63, 3.8) is 0 Å². The van der Waals surface area contributed by atoms with Crippen LogP contribution in [0.4, 0.5) is 5.69 Å². The Balaban J connectivity index is 3.18. The minimum atomic E-state index is -1.40. The fourth-order valence-corrected chi connectivity index (χ4v) is 1.76. The fourth-order valence-electron chi connectivity index (χ4n) is 1.76. The van der Waals surface area contributed by atoms with Crippen LogP contribution in [0.3, 0.4) is 0 Å². The van der Waals surface area contributed by atoms with E-state index >= 15 is 0 Å². The van der Waals surface area contributed by atoms with Crippen molar-refractivity contribution in [3.05, 3.63) is 26.0 Å². The van der Waals surface area contributed by atoms with E-state index in [4.69, 9.17) is 0 Å². The zero-order valence-corrected chi connectivity index (χ0v) is 10.8. The van der Waals surface area contributed by atoms with E-state index in [2.05, 4.69) is 5.32 Å². The first kappa shape index (κ1) is 14.8. The Morgan fingerprint density at radius 2 is 1.39 bits per heavy atom. The molecule has 18 heavy (non-hydrogen) atoms. The molecule has 6 heteroatoms. The number of rotatable bonds is 5. The van der Waals surface area contributed by atoms with Gasteiger partial charge in [0.25, 0.3) is 0 Å². The van der Waals surface area contributed by atoms with Gasteiger partial charge < -0.3 is 20.6 Å². The molecule has 0 atom stereocenters. The molecule has 0 aliphatic rings. The summed E-state index contributed by atoms with van der Waals surface area (Å²) in [6, 6.07) is 0. The molecule has 0 fully saturated rings. The number of aliphatic hydroxyl groups is 3. The molecule has 0 aromatic heterocycles. The topological polar surface area (TPSA) is 107 Å². The van der Waals surface area contributed by atoms with Crippen molar-refractivity contribution in [2.75, 3.05) is 25.1 Å². The van der Waals surface area contributed by atoms with E-state index in [1.165, 1.54) is 0 Å². The predicted octanol–water partition coefficient (Wildman–Crippen LogP) is -1.29. The van der Waals surface area contributed by atoms with Crippen molar-refractivity contribution in [3.8, 4) is 0 Å². The lowest BCUT2D eigenvalue weighted by Gasteiger charge is -2.33. The Morgan fingerprint density at radius 3 is 1.72 bits per heavy atom. The molecule has 0 saturated carbocycles. The molecule has 6 nitrogen and oxygen atoms in total. The highest BCUT2D eigenvalue weighted by atomic mass is 16.3. The van der Waals surface area contributed by atoms with E-state index in [0.717, 1.165) is 0 Å². The van der Waals surface area contributed by atoms with Gasteiger partial charge in [-0.05, 0) is 5.41 Å². The predicted molar refractivity (Wildman–Crippen MR) is 67.7 cm³/mol. The molecular formula is C12H19NO5. The van der Waals surface area contributed by atoms with E-state index in [9.17, 15) is 24.9 Å². The molecule has 1 rings (SSSR count). The molecule has 0 amide bonds. The van der Waals surface area contributed by atoms with E-state index in [-0.39, 0.29) is 5.69 Å². The summed E-state index contributed by atoms with van der Waals surface area (Å²) < 4.78 is 0. The normalized spacial score (nSPS) is 13.0. The smallest absolute Gasteiger partial charge is 0.249 e. The maximum Gasteiger partial charge on any atom is 0.249 e.